The molecule has 0 saturated heterocycles. The molecule has 100 valence electrons. The molecule has 0 spiro atoms. The summed E-state index contributed by atoms with van der Waals surface area (Å²) in [4.78, 5) is 10.3. The van der Waals surface area contributed by atoms with E-state index in [-0.39, 0.29) is 0 Å². The largest absolute Gasteiger partial charge is 0.416 e. The van der Waals surface area contributed by atoms with Gasteiger partial charge in [-0.3, -0.25) is 0 Å². The van der Waals surface area contributed by atoms with Gasteiger partial charge >= 0.3 is 12.2 Å². The summed E-state index contributed by atoms with van der Waals surface area (Å²) < 4.78 is 37.3. The van der Waals surface area contributed by atoms with Crippen LogP contribution in [0.25, 0.3) is 0 Å². The van der Waals surface area contributed by atoms with Gasteiger partial charge in [0.05, 0.1) is 5.56 Å². The molecule has 0 fully saturated rings. The predicted octanol–water partition coefficient (Wildman–Crippen LogP) is 1.46. The average molecular weight is 261 g/mol. The van der Waals surface area contributed by atoms with Crippen molar-refractivity contribution in [2.75, 3.05) is 13.1 Å². The standard InChI is InChI=1S/C11H14F3N3O/c12-11(13,14)9-3-1-2-8(6-9)7-16-4-5-17-10(15)18/h1-3,6,16H,4-5,7H2,(H3,15,17,18). The van der Waals surface area contributed by atoms with Gasteiger partial charge in [0.2, 0.25) is 0 Å². The van der Waals surface area contributed by atoms with Crippen molar-refractivity contribution in [2.45, 2.75) is 12.7 Å². The van der Waals surface area contributed by atoms with Gasteiger partial charge in [-0.2, -0.15) is 13.2 Å². The normalized spacial score (nSPS) is 11.3. The van der Waals surface area contributed by atoms with Crippen molar-refractivity contribution in [3.05, 3.63) is 35.4 Å². The lowest BCUT2D eigenvalue weighted by atomic mass is 10.1. The summed E-state index contributed by atoms with van der Waals surface area (Å²) in [6, 6.07) is 4.45. The summed E-state index contributed by atoms with van der Waals surface area (Å²) in [7, 11) is 0. The lowest BCUT2D eigenvalue weighted by molar-refractivity contribution is -0.137. The molecule has 0 heterocycles. The third kappa shape index (κ3) is 5.05. The van der Waals surface area contributed by atoms with E-state index in [2.05, 4.69) is 10.6 Å². The average Bonchev–Trinajstić information content (AvgIpc) is 2.27. The number of alkyl halides is 3. The van der Waals surface area contributed by atoms with E-state index in [1.165, 1.54) is 6.07 Å². The van der Waals surface area contributed by atoms with Crippen LogP contribution in [0.4, 0.5) is 18.0 Å². The van der Waals surface area contributed by atoms with Crippen LogP contribution in [0.1, 0.15) is 11.1 Å². The summed E-state index contributed by atoms with van der Waals surface area (Å²) in [6.45, 7) is 1.05. The Hall–Kier alpha value is -1.76. The van der Waals surface area contributed by atoms with Gasteiger partial charge in [0.15, 0.2) is 0 Å². The molecule has 0 aromatic heterocycles. The Morgan fingerprint density at radius 1 is 1.28 bits per heavy atom. The quantitative estimate of drug-likeness (QED) is 0.702. The SMILES string of the molecule is NC(=O)NCCNCc1cccc(C(F)(F)F)c1. The van der Waals surface area contributed by atoms with Crippen LogP contribution in [0.5, 0.6) is 0 Å². The highest BCUT2D eigenvalue weighted by Crippen LogP contribution is 2.29. The number of carbonyl (C=O) groups is 1. The number of halogens is 3. The van der Waals surface area contributed by atoms with Crippen LogP contribution in [0.3, 0.4) is 0 Å². The number of nitrogens with one attached hydrogen (secondary N) is 2. The number of primary amides is 1. The molecule has 0 atom stereocenters. The number of carbonyl (C=O) groups excluding carboxylic acids is 1. The summed E-state index contributed by atoms with van der Waals surface area (Å²) in [6.07, 6.45) is -4.33. The molecule has 7 heteroatoms. The maximum Gasteiger partial charge on any atom is 0.416 e. The van der Waals surface area contributed by atoms with E-state index in [1.807, 2.05) is 0 Å². The molecular weight excluding hydrogens is 247 g/mol. The van der Waals surface area contributed by atoms with E-state index in [1.54, 1.807) is 6.07 Å². The van der Waals surface area contributed by atoms with Crippen LogP contribution in [0.2, 0.25) is 0 Å². The van der Waals surface area contributed by atoms with Crippen molar-refractivity contribution < 1.29 is 18.0 Å². The van der Waals surface area contributed by atoms with Gasteiger partial charge in [-0.15, -0.1) is 0 Å². The topological polar surface area (TPSA) is 67.2 Å². The van der Waals surface area contributed by atoms with Crippen LogP contribution in [0, 0.1) is 0 Å². The molecule has 0 radical (unpaired) electrons. The fourth-order valence-corrected chi connectivity index (χ4v) is 1.36. The summed E-state index contributed by atoms with van der Waals surface area (Å²) in [5.41, 5.74) is 4.71. The van der Waals surface area contributed by atoms with Gasteiger partial charge < -0.3 is 16.4 Å². The van der Waals surface area contributed by atoms with E-state index in [0.29, 0.717) is 25.2 Å². The molecule has 1 aromatic carbocycles. The molecule has 4 N–H and O–H groups in total. The van der Waals surface area contributed by atoms with Crippen molar-refractivity contribution in [3.8, 4) is 0 Å². The van der Waals surface area contributed by atoms with Crippen LogP contribution < -0.4 is 16.4 Å². The Kier molecular flexibility index (Phi) is 4.96. The zero-order valence-corrected chi connectivity index (χ0v) is 9.55. The zero-order valence-electron chi connectivity index (χ0n) is 9.55. The van der Waals surface area contributed by atoms with Crippen LogP contribution in [-0.4, -0.2) is 19.1 Å². The molecular formula is C11H14F3N3O. The van der Waals surface area contributed by atoms with E-state index in [0.717, 1.165) is 12.1 Å². The van der Waals surface area contributed by atoms with E-state index >= 15 is 0 Å². The van der Waals surface area contributed by atoms with Crippen molar-refractivity contribution >= 4 is 6.03 Å². The number of benzene rings is 1. The lowest BCUT2D eigenvalue weighted by Crippen LogP contribution is -2.35. The first-order valence-electron chi connectivity index (χ1n) is 5.30. The van der Waals surface area contributed by atoms with Crippen molar-refractivity contribution in [3.63, 3.8) is 0 Å². The Bertz CT molecular complexity index is 407. The summed E-state index contributed by atoms with van der Waals surface area (Å²) in [5, 5.41) is 5.26. The van der Waals surface area contributed by atoms with E-state index < -0.39 is 17.8 Å². The minimum absolute atomic E-state index is 0.296. The predicted molar refractivity (Wildman–Crippen MR) is 60.7 cm³/mol. The fraction of sp³-hybridized carbons (Fsp3) is 0.364. The molecule has 0 saturated carbocycles. The van der Waals surface area contributed by atoms with Gasteiger partial charge in [-0.05, 0) is 11.6 Å². The highest BCUT2D eigenvalue weighted by molar-refractivity contribution is 5.71. The minimum atomic E-state index is -4.33. The van der Waals surface area contributed by atoms with Gasteiger partial charge in [0.25, 0.3) is 0 Å². The fourth-order valence-electron chi connectivity index (χ4n) is 1.36. The molecule has 0 unspecified atom stereocenters. The first kappa shape index (κ1) is 14.3. The number of amides is 2. The second kappa shape index (κ2) is 6.25. The highest BCUT2D eigenvalue weighted by atomic mass is 19.4. The monoisotopic (exact) mass is 261 g/mol. The highest BCUT2D eigenvalue weighted by Gasteiger charge is 2.30. The molecule has 1 aromatic rings. The van der Waals surface area contributed by atoms with Gasteiger partial charge in [-0.25, -0.2) is 4.79 Å². The van der Waals surface area contributed by atoms with Crippen LogP contribution >= 0.6 is 0 Å². The Labute approximate surface area is 102 Å². The number of hydrogen-bond acceptors (Lipinski definition) is 2. The van der Waals surface area contributed by atoms with Crippen LogP contribution in [0.15, 0.2) is 24.3 Å². The minimum Gasteiger partial charge on any atom is -0.352 e. The third-order valence-electron chi connectivity index (χ3n) is 2.18. The molecule has 2 amide bonds. The molecule has 4 nitrogen and oxygen atoms in total. The molecule has 0 aliphatic heterocycles. The number of rotatable bonds is 5. The second-order valence-corrected chi connectivity index (χ2v) is 3.67. The Balaban J connectivity index is 2.41. The van der Waals surface area contributed by atoms with Crippen molar-refractivity contribution in [1.29, 1.82) is 0 Å². The third-order valence-corrected chi connectivity index (χ3v) is 2.18. The Morgan fingerprint density at radius 2 is 2.00 bits per heavy atom. The molecule has 0 bridgehead atoms. The zero-order chi connectivity index (χ0) is 13.6. The maximum atomic E-state index is 12.4. The maximum absolute atomic E-state index is 12.4. The molecule has 1 rings (SSSR count). The first-order valence-corrected chi connectivity index (χ1v) is 5.30. The molecule has 0 aliphatic carbocycles. The van der Waals surface area contributed by atoms with Gasteiger partial charge in [0, 0.05) is 19.6 Å². The first-order chi connectivity index (χ1) is 8.39. The lowest BCUT2D eigenvalue weighted by Gasteiger charge is -2.09. The Morgan fingerprint density at radius 3 is 2.61 bits per heavy atom. The number of nitrogens with two attached hydrogens (primary N) is 1. The van der Waals surface area contributed by atoms with Crippen LogP contribution in [-0.2, 0) is 12.7 Å². The van der Waals surface area contributed by atoms with Gasteiger partial charge in [-0.1, -0.05) is 18.2 Å². The van der Waals surface area contributed by atoms with Crippen molar-refractivity contribution in [2.24, 2.45) is 5.73 Å². The number of urea groups is 1. The van der Waals surface area contributed by atoms with Crippen molar-refractivity contribution in [1.82, 2.24) is 10.6 Å². The molecule has 0 aliphatic rings. The smallest absolute Gasteiger partial charge is 0.352 e. The second-order valence-electron chi connectivity index (χ2n) is 3.67. The number of hydrogen-bond donors (Lipinski definition) is 3. The summed E-state index contributed by atoms with van der Waals surface area (Å²) >= 11 is 0. The molecule has 18 heavy (non-hydrogen) atoms. The van der Waals surface area contributed by atoms with E-state index in [9.17, 15) is 18.0 Å². The summed E-state index contributed by atoms with van der Waals surface area (Å²) in [5.74, 6) is 0. The van der Waals surface area contributed by atoms with Gasteiger partial charge in [0.1, 0.15) is 0 Å². The van der Waals surface area contributed by atoms with E-state index in [4.69, 9.17) is 5.73 Å².